The van der Waals surface area contributed by atoms with Gasteiger partial charge in [0.2, 0.25) is 5.95 Å². The number of halogens is 3. The first-order chi connectivity index (χ1) is 9.51. The van der Waals surface area contributed by atoms with Crippen molar-refractivity contribution in [3.8, 4) is 0 Å². The van der Waals surface area contributed by atoms with Gasteiger partial charge in [-0.1, -0.05) is 0 Å². The third-order valence-electron chi connectivity index (χ3n) is 2.55. The van der Waals surface area contributed by atoms with E-state index in [2.05, 4.69) is 20.6 Å². The lowest BCUT2D eigenvalue weighted by Crippen LogP contribution is -2.06. The van der Waals surface area contributed by atoms with Gasteiger partial charge in [0.1, 0.15) is 5.82 Å². The van der Waals surface area contributed by atoms with Crippen LogP contribution in [-0.2, 0) is 0 Å². The minimum absolute atomic E-state index is 0.0747. The van der Waals surface area contributed by atoms with Gasteiger partial charge in [-0.3, -0.25) is 0 Å². The van der Waals surface area contributed by atoms with Crippen molar-refractivity contribution in [2.75, 3.05) is 17.2 Å². The van der Waals surface area contributed by atoms with Crippen molar-refractivity contribution < 1.29 is 13.2 Å². The largest absolute Gasteiger partial charge is 0.354 e. The van der Waals surface area contributed by atoms with E-state index in [1.807, 2.05) is 6.92 Å². The van der Waals surface area contributed by atoms with Crippen LogP contribution in [0.25, 0.3) is 0 Å². The summed E-state index contributed by atoms with van der Waals surface area (Å²) in [6.07, 6.45) is 1.57. The molecule has 106 valence electrons. The summed E-state index contributed by atoms with van der Waals surface area (Å²) in [5.74, 6) is -3.23. The van der Waals surface area contributed by atoms with Crippen LogP contribution in [0, 0.1) is 24.4 Å². The molecule has 0 radical (unpaired) electrons. The van der Waals surface area contributed by atoms with E-state index < -0.39 is 17.5 Å². The van der Waals surface area contributed by atoms with E-state index in [0.717, 1.165) is 12.1 Å². The molecule has 0 spiro atoms. The van der Waals surface area contributed by atoms with Gasteiger partial charge < -0.3 is 10.6 Å². The van der Waals surface area contributed by atoms with Crippen LogP contribution in [0.3, 0.4) is 0 Å². The average Bonchev–Trinajstić information content (AvgIpc) is 2.40. The van der Waals surface area contributed by atoms with Crippen molar-refractivity contribution in [3.05, 3.63) is 41.3 Å². The van der Waals surface area contributed by atoms with Crippen LogP contribution in [0.15, 0.2) is 18.3 Å². The highest BCUT2D eigenvalue weighted by atomic mass is 19.2. The lowest BCUT2D eigenvalue weighted by atomic mass is 10.2. The maximum absolute atomic E-state index is 13.1. The number of nitrogens with one attached hydrogen (secondary N) is 2. The Morgan fingerprint density at radius 1 is 1.15 bits per heavy atom. The average molecular weight is 282 g/mol. The minimum Gasteiger partial charge on any atom is -0.354 e. The molecule has 4 nitrogen and oxygen atoms in total. The van der Waals surface area contributed by atoms with Gasteiger partial charge in [-0.05, 0) is 13.8 Å². The second-order valence-corrected chi connectivity index (χ2v) is 4.13. The second-order valence-electron chi connectivity index (χ2n) is 4.13. The van der Waals surface area contributed by atoms with Crippen molar-refractivity contribution in [2.24, 2.45) is 0 Å². The predicted octanol–water partition coefficient (Wildman–Crippen LogP) is 3.38. The molecular weight excluding hydrogens is 269 g/mol. The zero-order chi connectivity index (χ0) is 14.7. The maximum Gasteiger partial charge on any atom is 0.224 e. The molecular formula is C13H13F3N4. The molecule has 0 fully saturated rings. The third kappa shape index (κ3) is 2.98. The van der Waals surface area contributed by atoms with Gasteiger partial charge in [-0.25, -0.2) is 18.2 Å². The quantitative estimate of drug-likeness (QED) is 0.844. The molecule has 0 saturated carbocycles. The summed E-state index contributed by atoms with van der Waals surface area (Å²) in [6, 6.07) is 1.74. The Kier molecular flexibility index (Phi) is 4.07. The second kappa shape index (κ2) is 5.77. The van der Waals surface area contributed by atoms with E-state index in [9.17, 15) is 13.2 Å². The van der Waals surface area contributed by atoms with E-state index in [-0.39, 0.29) is 5.69 Å². The molecule has 20 heavy (non-hydrogen) atoms. The molecule has 0 saturated heterocycles. The molecule has 2 rings (SSSR count). The zero-order valence-corrected chi connectivity index (χ0v) is 11.0. The summed E-state index contributed by atoms with van der Waals surface area (Å²) < 4.78 is 39.2. The van der Waals surface area contributed by atoms with Crippen LogP contribution >= 0.6 is 0 Å². The van der Waals surface area contributed by atoms with Gasteiger partial charge in [0.15, 0.2) is 17.5 Å². The first-order valence-corrected chi connectivity index (χ1v) is 6.00. The molecule has 7 heteroatoms. The van der Waals surface area contributed by atoms with Gasteiger partial charge in [0.25, 0.3) is 0 Å². The maximum atomic E-state index is 13.1. The van der Waals surface area contributed by atoms with Crippen molar-refractivity contribution in [1.29, 1.82) is 0 Å². The van der Waals surface area contributed by atoms with Crippen LogP contribution in [0.2, 0.25) is 0 Å². The van der Waals surface area contributed by atoms with Gasteiger partial charge in [-0.2, -0.15) is 4.98 Å². The van der Waals surface area contributed by atoms with Crippen molar-refractivity contribution in [3.63, 3.8) is 0 Å². The Balaban J connectivity index is 2.32. The number of hydrogen-bond acceptors (Lipinski definition) is 4. The summed E-state index contributed by atoms with van der Waals surface area (Å²) in [5.41, 5.74) is 0.766. The SMILES string of the molecule is CCNc1ncc(C)c(Nc2cc(F)c(F)c(F)c2)n1. The molecule has 0 aliphatic rings. The Morgan fingerprint density at radius 3 is 2.40 bits per heavy atom. The third-order valence-corrected chi connectivity index (χ3v) is 2.55. The van der Waals surface area contributed by atoms with Crippen LogP contribution in [0.5, 0.6) is 0 Å². The van der Waals surface area contributed by atoms with Crippen molar-refractivity contribution >= 4 is 17.5 Å². The van der Waals surface area contributed by atoms with Crippen molar-refractivity contribution in [2.45, 2.75) is 13.8 Å². The van der Waals surface area contributed by atoms with Crippen LogP contribution in [0.1, 0.15) is 12.5 Å². The molecule has 2 N–H and O–H groups in total. The molecule has 0 unspecified atom stereocenters. The molecule has 1 heterocycles. The van der Waals surface area contributed by atoms with Crippen molar-refractivity contribution in [1.82, 2.24) is 9.97 Å². The smallest absolute Gasteiger partial charge is 0.224 e. The highest BCUT2D eigenvalue weighted by molar-refractivity contribution is 5.60. The Hall–Kier alpha value is -2.31. The van der Waals surface area contributed by atoms with E-state index in [1.54, 1.807) is 13.1 Å². The molecule has 1 aromatic heterocycles. The molecule has 0 atom stereocenters. The fourth-order valence-electron chi connectivity index (χ4n) is 1.58. The summed E-state index contributed by atoms with van der Waals surface area (Å²) in [5, 5.41) is 5.66. The van der Waals surface area contributed by atoms with Crippen LogP contribution in [0.4, 0.5) is 30.6 Å². The molecule has 2 aromatic rings. The van der Waals surface area contributed by atoms with Crippen LogP contribution in [-0.4, -0.2) is 16.5 Å². The summed E-state index contributed by atoms with van der Waals surface area (Å²) in [4.78, 5) is 8.22. The standard InChI is InChI=1S/C13H13F3N4/c1-3-17-13-18-6-7(2)12(20-13)19-8-4-9(14)11(16)10(15)5-8/h4-6H,3H2,1-2H3,(H2,17,18,19,20). The Labute approximate surface area is 114 Å². The summed E-state index contributed by atoms with van der Waals surface area (Å²) >= 11 is 0. The molecule has 0 bridgehead atoms. The number of nitrogens with zero attached hydrogens (tertiary/aromatic N) is 2. The van der Waals surface area contributed by atoms with Gasteiger partial charge >= 0.3 is 0 Å². The van der Waals surface area contributed by atoms with E-state index in [1.165, 1.54) is 0 Å². The Morgan fingerprint density at radius 2 is 1.80 bits per heavy atom. The first-order valence-electron chi connectivity index (χ1n) is 6.00. The van der Waals surface area contributed by atoms with Crippen LogP contribution < -0.4 is 10.6 Å². The normalized spacial score (nSPS) is 10.4. The van der Waals surface area contributed by atoms with Gasteiger partial charge in [0, 0.05) is 36.1 Å². The molecule has 0 amide bonds. The fourth-order valence-corrected chi connectivity index (χ4v) is 1.58. The molecule has 0 aliphatic carbocycles. The number of anilines is 3. The highest BCUT2D eigenvalue weighted by Gasteiger charge is 2.12. The molecule has 0 aliphatic heterocycles. The Bertz CT molecular complexity index is 608. The minimum atomic E-state index is -1.50. The topological polar surface area (TPSA) is 49.8 Å². The summed E-state index contributed by atoms with van der Waals surface area (Å²) in [6.45, 7) is 4.28. The first kappa shape index (κ1) is 14.1. The monoisotopic (exact) mass is 282 g/mol. The highest BCUT2D eigenvalue weighted by Crippen LogP contribution is 2.22. The van der Waals surface area contributed by atoms with E-state index >= 15 is 0 Å². The van der Waals surface area contributed by atoms with E-state index in [4.69, 9.17) is 0 Å². The fraction of sp³-hybridized carbons (Fsp3) is 0.231. The number of hydrogen-bond donors (Lipinski definition) is 2. The lowest BCUT2D eigenvalue weighted by molar-refractivity contribution is 0.448. The molecule has 1 aromatic carbocycles. The predicted molar refractivity (Wildman–Crippen MR) is 70.5 cm³/mol. The number of benzene rings is 1. The summed E-state index contributed by atoms with van der Waals surface area (Å²) in [7, 11) is 0. The lowest BCUT2D eigenvalue weighted by Gasteiger charge is -2.10. The number of aromatic nitrogens is 2. The van der Waals surface area contributed by atoms with Gasteiger partial charge in [0.05, 0.1) is 0 Å². The van der Waals surface area contributed by atoms with E-state index in [0.29, 0.717) is 23.9 Å². The number of aryl methyl sites for hydroxylation is 1. The van der Waals surface area contributed by atoms with Gasteiger partial charge in [-0.15, -0.1) is 0 Å². The number of rotatable bonds is 4. The zero-order valence-electron chi connectivity index (χ0n) is 11.0.